The zero-order valence-corrected chi connectivity index (χ0v) is 39.1. The normalized spacial score (nSPS) is 19.0. The number of H-pyrrole nitrogens is 1. The van der Waals surface area contributed by atoms with E-state index in [1.54, 1.807) is 54.7 Å². The maximum atomic E-state index is 15.5. The lowest BCUT2D eigenvalue weighted by Gasteiger charge is -2.26. The number of anilines is 1. The van der Waals surface area contributed by atoms with Crippen molar-refractivity contribution in [2.24, 2.45) is 5.92 Å². The number of ether oxygens (including phenoxy) is 1. The molecule has 2 atom stereocenters. The van der Waals surface area contributed by atoms with E-state index in [-0.39, 0.29) is 29.9 Å². The molecule has 344 valence electrons. The van der Waals surface area contributed by atoms with Gasteiger partial charge in [-0.25, -0.2) is 18.7 Å². The molecule has 6 heterocycles. The van der Waals surface area contributed by atoms with E-state index in [0.717, 1.165) is 34.7 Å². The second-order valence-corrected chi connectivity index (χ2v) is 21.7. The lowest BCUT2D eigenvalue weighted by atomic mass is 9.91. The van der Waals surface area contributed by atoms with Crippen molar-refractivity contribution < 1.29 is 23.0 Å². The maximum absolute atomic E-state index is 15.5. The summed E-state index contributed by atoms with van der Waals surface area (Å²) in [7, 11) is -0.867. The summed E-state index contributed by atoms with van der Waals surface area (Å²) in [5.74, 6) is -0.0177. The number of hydrogen-bond acceptors (Lipinski definition) is 9. The molecule has 0 unspecified atom stereocenters. The fourth-order valence-corrected chi connectivity index (χ4v) is 12.7. The second kappa shape index (κ2) is 16.6. The summed E-state index contributed by atoms with van der Waals surface area (Å²) in [6.45, 7) is 11.3. The number of rotatable bonds is 11. The number of nitrogens with one attached hydrogen (secondary N) is 2. The van der Waals surface area contributed by atoms with Crippen molar-refractivity contribution in [3.63, 3.8) is 0 Å². The van der Waals surface area contributed by atoms with Crippen LogP contribution in [0.2, 0.25) is 0 Å². The van der Waals surface area contributed by atoms with Gasteiger partial charge in [0.1, 0.15) is 30.0 Å². The summed E-state index contributed by atoms with van der Waals surface area (Å²) in [5, 5.41) is 14.2. The SMILES string of the molecule is CCP(=O)(CC)c1ccc(-n2ccn(-c3c4c(nn3-c3cc(C)c(F)c(C)c3)CCCN(C(=O)c3cc5cc(C6CCOCC6)ccc5n3[C@@]3(c5noc(=O)[nH]5)C[C@@H]3C)C4)c2=O)cc1NC. The molecule has 1 saturated heterocycles. The molecule has 66 heavy (non-hydrogen) atoms. The van der Waals surface area contributed by atoms with Gasteiger partial charge in [-0.3, -0.25) is 23.4 Å². The van der Waals surface area contributed by atoms with Crippen LogP contribution in [-0.2, 0) is 27.8 Å². The van der Waals surface area contributed by atoms with Crippen molar-refractivity contribution in [3.05, 3.63) is 133 Å². The number of carbonyl (C=O) groups is 1. The smallest absolute Gasteiger partial charge is 0.387 e. The van der Waals surface area contributed by atoms with Crippen molar-refractivity contribution in [3.8, 4) is 17.2 Å². The molecule has 1 saturated carbocycles. The van der Waals surface area contributed by atoms with Gasteiger partial charge in [0.25, 0.3) is 5.91 Å². The van der Waals surface area contributed by atoms with Crippen LogP contribution in [0.5, 0.6) is 0 Å². The number of nitrogens with zero attached hydrogens (tertiary/aromatic N) is 7. The number of amides is 1. The molecule has 15 nitrogen and oxygen atoms in total. The molecule has 1 aliphatic carbocycles. The number of imidazole rings is 1. The molecule has 3 aliphatic rings. The lowest BCUT2D eigenvalue weighted by Crippen LogP contribution is -2.35. The highest BCUT2D eigenvalue weighted by Crippen LogP contribution is 2.56. The van der Waals surface area contributed by atoms with Crippen LogP contribution in [0.15, 0.2) is 81.1 Å². The predicted molar refractivity (Wildman–Crippen MR) is 252 cm³/mol. The molecule has 17 heteroatoms. The fourth-order valence-electron chi connectivity index (χ4n) is 10.6. The zero-order chi connectivity index (χ0) is 46.2. The highest BCUT2D eigenvalue weighted by Gasteiger charge is 2.59. The molecule has 7 aromatic rings. The fraction of sp³-hybridized carbons (Fsp3) is 0.408. The minimum absolute atomic E-state index is 0.0258. The standard InChI is InChI=1S/C49H55FN9O6P/c1-7-66(63,8-2)42-14-12-35(26-39(42)51-6)56-18-19-57(48(56)62)44-37-28-55(17-9-10-38(37)53-59(44)36-22-29(3)43(50)30(4)23-36)45(60)41-25-34-24-33(32-15-20-64-21-16-32)11-13-40(34)58(41)49(27-31(49)5)46-52-47(61)65-54-46/h11-14,18-19,22-26,31-32,51H,7-10,15-17,20-21,27-28H2,1-6H3,(H,52,54,61)/t31-,49-/m0/s1. The largest absolute Gasteiger partial charge is 0.438 e. The molecular formula is C49H55FN9O6P. The number of carbonyl (C=O) groups excluding carboxylic acids is 1. The number of aromatic amines is 1. The molecule has 1 amide bonds. The predicted octanol–water partition coefficient (Wildman–Crippen LogP) is 7.54. The Morgan fingerprint density at radius 3 is 2.38 bits per heavy atom. The minimum atomic E-state index is -2.65. The highest BCUT2D eigenvalue weighted by molar-refractivity contribution is 7.71. The van der Waals surface area contributed by atoms with Gasteiger partial charge < -0.3 is 24.1 Å². The second-order valence-electron chi connectivity index (χ2n) is 18.2. The van der Waals surface area contributed by atoms with E-state index in [2.05, 4.69) is 40.6 Å². The summed E-state index contributed by atoms with van der Waals surface area (Å²) in [6.07, 6.45) is 8.01. The number of aromatic nitrogens is 7. The molecular weight excluding hydrogens is 861 g/mol. The molecule has 0 radical (unpaired) electrons. The van der Waals surface area contributed by atoms with Gasteiger partial charge in [-0.15, -0.1) is 0 Å². The minimum Gasteiger partial charge on any atom is -0.387 e. The van der Waals surface area contributed by atoms with E-state index in [1.165, 1.54) is 10.1 Å². The number of fused-ring (bicyclic) bond motifs is 2. The Kier molecular flexibility index (Phi) is 11.0. The molecule has 10 rings (SSSR count). The first kappa shape index (κ1) is 43.6. The van der Waals surface area contributed by atoms with Crippen LogP contribution in [0.4, 0.5) is 10.1 Å². The molecule has 0 bridgehead atoms. The van der Waals surface area contributed by atoms with Crippen molar-refractivity contribution in [1.29, 1.82) is 0 Å². The first-order valence-electron chi connectivity index (χ1n) is 23.0. The maximum Gasteiger partial charge on any atom is 0.438 e. The first-order chi connectivity index (χ1) is 31.8. The highest BCUT2D eigenvalue weighted by atomic mass is 31.2. The van der Waals surface area contributed by atoms with Crippen molar-refractivity contribution in [1.82, 2.24) is 38.5 Å². The zero-order valence-electron chi connectivity index (χ0n) is 38.2. The van der Waals surface area contributed by atoms with E-state index < -0.39 is 18.4 Å². The van der Waals surface area contributed by atoms with Crippen LogP contribution in [0, 0.1) is 25.6 Å². The van der Waals surface area contributed by atoms with Crippen LogP contribution in [0.25, 0.3) is 28.1 Å². The summed E-state index contributed by atoms with van der Waals surface area (Å²) in [5.41, 5.74) is 5.43. The van der Waals surface area contributed by atoms with Gasteiger partial charge in [0.05, 0.1) is 23.6 Å². The van der Waals surface area contributed by atoms with Gasteiger partial charge in [0.15, 0.2) is 5.82 Å². The molecule has 2 N–H and O–H groups in total. The lowest BCUT2D eigenvalue weighted by molar-refractivity contribution is 0.0732. The number of hydrogen-bond donors (Lipinski definition) is 2. The molecule has 4 aromatic heterocycles. The Balaban J connectivity index is 1.11. The Hall–Kier alpha value is -6.25. The Morgan fingerprint density at radius 2 is 1.71 bits per heavy atom. The molecule has 0 spiro atoms. The topological polar surface area (TPSA) is 167 Å². The van der Waals surface area contributed by atoms with E-state index in [9.17, 15) is 14.2 Å². The van der Waals surface area contributed by atoms with Crippen LogP contribution in [-0.4, -0.2) is 83.6 Å². The first-order valence-corrected chi connectivity index (χ1v) is 25.1. The summed E-state index contributed by atoms with van der Waals surface area (Å²) in [4.78, 5) is 47.3. The van der Waals surface area contributed by atoms with E-state index in [1.807, 2.05) is 47.6 Å². The van der Waals surface area contributed by atoms with E-state index >= 15 is 9.18 Å². The number of halogens is 1. The third-order valence-corrected chi connectivity index (χ3v) is 17.7. The number of benzene rings is 3. The van der Waals surface area contributed by atoms with Gasteiger partial charge >= 0.3 is 11.4 Å². The summed E-state index contributed by atoms with van der Waals surface area (Å²) >= 11 is 0. The number of aryl methyl sites for hydroxylation is 3. The van der Waals surface area contributed by atoms with Gasteiger partial charge in [-0.2, -0.15) is 5.10 Å². The molecule has 3 aromatic carbocycles. The monoisotopic (exact) mass is 915 g/mol. The Bertz CT molecular complexity index is 3190. The quantitative estimate of drug-likeness (QED) is 0.125. The third-order valence-electron chi connectivity index (χ3n) is 14.4. The van der Waals surface area contributed by atoms with Crippen molar-refractivity contribution in [2.75, 3.05) is 44.4 Å². The van der Waals surface area contributed by atoms with E-state index in [4.69, 9.17) is 14.4 Å². The van der Waals surface area contributed by atoms with Gasteiger partial charge in [0, 0.05) is 79.0 Å². The average Bonchev–Trinajstić information content (AvgIpc) is 3.72. The van der Waals surface area contributed by atoms with Crippen molar-refractivity contribution >= 4 is 34.9 Å². The van der Waals surface area contributed by atoms with Crippen LogP contribution < -0.4 is 22.1 Å². The average molecular weight is 916 g/mol. The Labute approximate surface area is 380 Å². The Morgan fingerprint density at radius 1 is 0.985 bits per heavy atom. The summed E-state index contributed by atoms with van der Waals surface area (Å²) in [6, 6.07) is 17.3. The van der Waals surface area contributed by atoms with Gasteiger partial charge in [-0.05, 0) is 123 Å². The van der Waals surface area contributed by atoms with Crippen LogP contribution in [0.1, 0.15) is 96.6 Å². The molecule has 2 fully saturated rings. The van der Waals surface area contributed by atoms with E-state index in [0.29, 0.717) is 108 Å². The summed E-state index contributed by atoms with van der Waals surface area (Å²) < 4.78 is 46.6. The third kappa shape index (κ3) is 7.02. The van der Waals surface area contributed by atoms with Gasteiger partial charge in [-0.1, -0.05) is 32.0 Å². The van der Waals surface area contributed by atoms with Crippen molar-refractivity contribution in [2.45, 2.75) is 84.7 Å². The molecule has 2 aliphatic heterocycles. The van der Waals surface area contributed by atoms with Crippen LogP contribution >= 0.6 is 7.14 Å². The van der Waals surface area contributed by atoms with Crippen LogP contribution in [0.3, 0.4) is 0 Å². The van der Waals surface area contributed by atoms with Gasteiger partial charge in [0.2, 0.25) is 0 Å².